The molecular formula is C9H7NO2S. The number of nitro benzene ring substituents is 1. The summed E-state index contributed by atoms with van der Waals surface area (Å²) in [5.41, 5.74) is 0.703. The molecule has 0 aliphatic rings. The van der Waals surface area contributed by atoms with Gasteiger partial charge in [0, 0.05) is 17.7 Å². The van der Waals surface area contributed by atoms with Crippen molar-refractivity contribution in [2.24, 2.45) is 0 Å². The molecule has 13 heavy (non-hydrogen) atoms. The predicted molar refractivity (Wildman–Crippen MR) is 53.8 cm³/mol. The highest BCUT2D eigenvalue weighted by atomic mass is 32.1. The quantitative estimate of drug-likeness (QED) is 0.320. The Morgan fingerprint density at radius 1 is 1.54 bits per heavy atom. The highest BCUT2D eigenvalue weighted by Crippen LogP contribution is 2.11. The van der Waals surface area contributed by atoms with Crippen molar-refractivity contribution in [1.29, 1.82) is 0 Å². The highest BCUT2D eigenvalue weighted by Gasteiger charge is 2.03. The molecule has 0 amide bonds. The molecule has 0 spiro atoms. The van der Waals surface area contributed by atoms with E-state index < -0.39 is 4.92 Å². The molecular weight excluding hydrogens is 186 g/mol. The SMILES string of the molecule is O=[N+]([O-])c1cccc(C#CCS)c1. The Hall–Kier alpha value is -1.47. The Morgan fingerprint density at radius 2 is 2.31 bits per heavy atom. The van der Waals surface area contributed by atoms with Crippen LogP contribution in [-0.2, 0) is 0 Å². The Bertz CT molecular complexity index is 379. The van der Waals surface area contributed by atoms with Crippen molar-refractivity contribution in [1.82, 2.24) is 0 Å². The number of nitro groups is 1. The van der Waals surface area contributed by atoms with E-state index in [0.29, 0.717) is 11.3 Å². The molecule has 0 radical (unpaired) electrons. The van der Waals surface area contributed by atoms with Crippen molar-refractivity contribution < 1.29 is 4.92 Å². The third-order valence-electron chi connectivity index (χ3n) is 1.37. The smallest absolute Gasteiger partial charge is 0.258 e. The van der Waals surface area contributed by atoms with Crippen LogP contribution in [0.1, 0.15) is 5.56 Å². The molecule has 0 N–H and O–H groups in total. The zero-order valence-corrected chi connectivity index (χ0v) is 7.62. The summed E-state index contributed by atoms with van der Waals surface area (Å²) >= 11 is 3.91. The molecule has 0 unspecified atom stereocenters. The van der Waals surface area contributed by atoms with Gasteiger partial charge in [0.15, 0.2) is 0 Å². The van der Waals surface area contributed by atoms with Gasteiger partial charge in [-0.3, -0.25) is 10.1 Å². The van der Waals surface area contributed by atoms with Crippen molar-refractivity contribution in [3.63, 3.8) is 0 Å². The number of hydrogen-bond acceptors (Lipinski definition) is 3. The molecule has 1 aromatic rings. The monoisotopic (exact) mass is 193 g/mol. The molecule has 0 saturated carbocycles. The number of hydrogen-bond donors (Lipinski definition) is 1. The van der Waals surface area contributed by atoms with Crippen molar-refractivity contribution in [3.8, 4) is 11.8 Å². The van der Waals surface area contributed by atoms with Gasteiger partial charge in [0.25, 0.3) is 5.69 Å². The molecule has 1 aromatic carbocycles. The minimum Gasteiger partial charge on any atom is -0.258 e. The first-order valence-electron chi connectivity index (χ1n) is 3.58. The molecule has 0 saturated heterocycles. The fourth-order valence-electron chi connectivity index (χ4n) is 0.839. The second-order valence-corrected chi connectivity index (χ2v) is 2.58. The zero-order valence-electron chi connectivity index (χ0n) is 6.73. The van der Waals surface area contributed by atoms with E-state index in [0.717, 1.165) is 0 Å². The van der Waals surface area contributed by atoms with Crippen molar-refractivity contribution in [2.75, 3.05) is 5.75 Å². The van der Waals surface area contributed by atoms with Crippen LogP contribution in [0.15, 0.2) is 24.3 Å². The molecule has 4 heteroatoms. The number of non-ortho nitro benzene ring substituents is 1. The van der Waals surface area contributed by atoms with E-state index in [2.05, 4.69) is 24.5 Å². The molecule has 0 aliphatic carbocycles. The van der Waals surface area contributed by atoms with Crippen molar-refractivity contribution in [2.45, 2.75) is 0 Å². The van der Waals surface area contributed by atoms with Crippen LogP contribution in [0.25, 0.3) is 0 Å². The van der Waals surface area contributed by atoms with E-state index in [1.807, 2.05) is 0 Å². The number of benzene rings is 1. The largest absolute Gasteiger partial charge is 0.270 e. The molecule has 3 nitrogen and oxygen atoms in total. The maximum atomic E-state index is 10.4. The Kier molecular flexibility index (Phi) is 3.35. The van der Waals surface area contributed by atoms with E-state index in [1.54, 1.807) is 12.1 Å². The van der Waals surface area contributed by atoms with Gasteiger partial charge in [0.1, 0.15) is 0 Å². The average Bonchev–Trinajstić information content (AvgIpc) is 2.15. The van der Waals surface area contributed by atoms with Crippen LogP contribution in [0.4, 0.5) is 5.69 Å². The first-order valence-corrected chi connectivity index (χ1v) is 4.21. The maximum Gasteiger partial charge on any atom is 0.270 e. The first kappa shape index (κ1) is 9.62. The lowest BCUT2D eigenvalue weighted by Gasteiger charge is -1.90. The molecule has 0 fully saturated rings. The summed E-state index contributed by atoms with van der Waals surface area (Å²) < 4.78 is 0. The van der Waals surface area contributed by atoms with E-state index in [1.165, 1.54) is 12.1 Å². The van der Waals surface area contributed by atoms with Crippen LogP contribution < -0.4 is 0 Å². The molecule has 0 heterocycles. The van der Waals surface area contributed by atoms with Gasteiger partial charge in [-0.15, -0.1) is 0 Å². The second kappa shape index (κ2) is 4.53. The zero-order chi connectivity index (χ0) is 9.68. The Balaban J connectivity index is 2.98. The number of thiol groups is 1. The minimum atomic E-state index is -0.439. The van der Waals surface area contributed by atoms with Crippen molar-refractivity contribution in [3.05, 3.63) is 39.9 Å². The fraction of sp³-hybridized carbons (Fsp3) is 0.111. The summed E-state index contributed by atoms with van der Waals surface area (Å²) in [5.74, 6) is 5.93. The summed E-state index contributed by atoms with van der Waals surface area (Å²) in [4.78, 5) is 9.93. The average molecular weight is 193 g/mol. The molecule has 0 bridgehead atoms. The minimum absolute atomic E-state index is 0.0611. The first-order chi connectivity index (χ1) is 6.24. The van der Waals surface area contributed by atoms with Gasteiger partial charge in [-0.05, 0) is 6.07 Å². The summed E-state index contributed by atoms with van der Waals surface area (Å²) in [7, 11) is 0. The lowest BCUT2D eigenvalue weighted by atomic mass is 10.2. The van der Waals surface area contributed by atoms with E-state index in [9.17, 15) is 10.1 Å². The number of nitrogens with zero attached hydrogens (tertiary/aromatic N) is 1. The summed E-state index contributed by atoms with van der Waals surface area (Å²) in [6.07, 6.45) is 0. The normalized spacial score (nSPS) is 8.69. The van der Waals surface area contributed by atoms with Gasteiger partial charge in [-0.25, -0.2) is 0 Å². The summed E-state index contributed by atoms with van der Waals surface area (Å²) in [5, 5.41) is 10.4. The predicted octanol–water partition coefficient (Wildman–Crippen LogP) is 1.88. The lowest BCUT2D eigenvalue weighted by molar-refractivity contribution is -0.384. The molecule has 0 atom stereocenters. The summed E-state index contributed by atoms with van der Waals surface area (Å²) in [6, 6.07) is 6.21. The van der Waals surface area contributed by atoms with Crippen LogP contribution in [0.2, 0.25) is 0 Å². The van der Waals surface area contributed by atoms with E-state index in [4.69, 9.17) is 0 Å². The topological polar surface area (TPSA) is 43.1 Å². The fourth-order valence-corrected chi connectivity index (χ4v) is 0.918. The van der Waals surface area contributed by atoms with Crippen LogP contribution in [-0.4, -0.2) is 10.7 Å². The third kappa shape index (κ3) is 2.80. The Labute approximate surface area is 81.3 Å². The van der Waals surface area contributed by atoms with Crippen LogP contribution in [0, 0.1) is 22.0 Å². The second-order valence-electron chi connectivity index (χ2n) is 2.27. The molecule has 66 valence electrons. The van der Waals surface area contributed by atoms with E-state index >= 15 is 0 Å². The van der Waals surface area contributed by atoms with Crippen LogP contribution in [0.3, 0.4) is 0 Å². The van der Waals surface area contributed by atoms with Gasteiger partial charge >= 0.3 is 0 Å². The van der Waals surface area contributed by atoms with Crippen LogP contribution in [0.5, 0.6) is 0 Å². The van der Waals surface area contributed by atoms with Gasteiger partial charge in [-0.2, -0.15) is 12.6 Å². The standard InChI is InChI=1S/C9H7NO2S/c11-10(12)9-5-1-3-8(7-9)4-2-6-13/h1,3,5,7,13H,6H2. The van der Waals surface area contributed by atoms with Gasteiger partial charge in [0.2, 0.25) is 0 Å². The van der Waals surface area contributed by atoms with Gasteiger partial charge in [-0.1, -0.05) is 17.9 Å². The Morgan fingerprint density at radius 3 is 2.92 bits per heavy atom. The third-order valence-corrected chi connectivity index (χ3v) is 1.53. The van der Waals surface area contributed by atoms with Gasteiger partial charge in [0.05, 0.1) is 10.7 Å². The van der Waals surface area contributed by atoms with Gasteiger partial charge < -0.3 is 0 Å². The molecule has 1 rings (SSSR count). The molecule has 0 aliphatic heterocycles. The molecule has 0 aromatic heterocycles. The summed E-state index contributed by atoms with van der Waals surface area (Å²) in [6.45, 7) is 0. The maximum absolute atomic E-state index is 10.4. The number of rotatable bonds is 1. The highest BCUT2D eigenvalue weighted by molar-refractivity contribution is 7.80. The van der Waals surface area contributed by atoms with E-state index in [-0.39, 0.29) is 5.69 Å². The van der Waals surface area contributed by atoms with Crippen LogP contribution >= 0.6 is 12.6 Å². The lowest BCUT2D eigenvalue weighted by Crippen LogP contribution is -1.87. The van der Waals surface area contributed by atoms with Crippen molar-refractivity contribution >= 4 is 18.3 Å².